The lowest BCUT2D eigenvalue weighted by atomic mass is 9.97. The van der Waals surface area contributed by atoms with E-state index in [0.29, 0.717) is 19.8 Å². The third-order valence-electron chi connectivity index (χ3n) is 4.88. The maximum absolute atomic E-state index is 6.12. The lowest BCUT2D eigenvalue weighted by molar-refractivity contribution is -0.0469. The summed E-state index contributed by atoms with van der Waals surface area (Å²) in [4.78, 5) is 6.84. The molecule has 0 spiro atoms. The number of aryl methyl sites for hydroxylation is 1. The second kappa shape index (κ2) is 7.40. The summed E-state index contributed by atoms with van der Waals surface area (Å²) >= 11 is 0. The van der Waals surface area contributed by atoms with Crippen LogP contribution in [0.5, 0.6) is 5.75 Å². The number of benzene rings is 1. The second-order valence-electron chi connectivity index (χ2n) is 7.00. The van der Waals surface area contributed by atoms with E-state index in [4.69, 9.17) is 9.47 Å². The molecule has 0 saturated carbocycles. The first-order chi connectivity index (χ1) is 13.1. The summed E-state index contributed by atoms with van der Waals surface area (Å²) < 4.78 is 14.0. The second-order valence-corrected chi connectivity index (χ2v) is 7.00. The SMILES string of the molecule is Cn1cc(C2(C)CN(c3ncccc3OCc3ccccc3)CCO2)cn1. The average molecular weight is 364 g/mol. The Hall–Kier alpha value is -2.86. The van der Waals surface area contributed by atoms with Gasteiger partial charge in [0, 0.05) is 31.5 Å². The van der Waals surface area contributed by atoms with Gasteiger partial charge in [0.2, 0.25) is 0 Å². The maximum Gasteiger partial charge on any atom is 0.171 e. The molecule has 1 unspecified atom stereocenters. The van der Waals surface area contributed by atoms with E-state index < -0.39 is 5.60 Å². The van der Waals surface area contributed by atoms with Gasteiger partial charge in [-0.25, -0.2) is 4.98 Å². The van der Waals surface area contributed by atoms with Crippen LogP contribution in [0, 0.1) is 0 Å². The van der Waals surface area contributed by atoms with E-state index >= 15 is 0 Å². The molecule has 6 nitrogen and oxygen atoms in total. The van der Waals surface area contributed by atoms with Gasteiger partial charge in [-0.3, -0.25) is 4.68 Å². The van der Waals surface area contributed by atoms with Crippen LogP contribution >= 0.6 is 0 Å². The van der Waals surface area contributed by atoms with E-state index in [0.717, 1.165) is 29.2 Å². The van der Waals surface area contributed by atoms with E-state index in [1.54, 1.807) is 4.68 Å². The number of aromatic nitrogens is 3. The molecule has 1 aliphatic rings. The number of ether oxygens (including phenoxy) is 2. The topological polar surface area (TPSA) is 52.4 Å². The first-order valence-corrected chi connectivity index (χ1v) is 9.14. The molecule has 1 aromatic carbocycles. The smallest absolute Gasteiger partial charge is 0.171 e. The van der Waals surface area contributed by atoms with Crippen molar-refractivity contribution in [3.63, 3.8) is 0 Å². The van der Waals surface area contributed by atoms with Gasteiger partial charge in [-0.15, -0.1) is 0 Å². The van der Waals surface area contributed by atoms with Gasteiger partial charge in [-0.1, -0.05) is 30.3 Å². The third-order valence-corrected chi connectivity index (χ3v) is 4.88. The van der Waals surface area contributed by atoms with E-state index in [-0.39, 0.29) is 0 Å². The van der Waals surface area contributed by atoms with Crippen molar-refractivity contribution < 1.29 is 9.47 Å². The number of hydrogen-bond donors (Lipinski definition) is 0. The minimum atomic E-state index is -0.430. The molecule has 27 heavy (non-hydrogen) atoms. The minimum Gasteiger partial charge on any atom is -0.485 e. The molecular weight excluding hydrogens is 340 g/mol. The van der Waals surface area contributed by atoms with Crippen LogP contribution in [-0.4, -0.2) is 34.5 Å². The third kappa shape index (κ3) is 3.80. The summed E-state index contributed by atoms with van der Waals surface area (Å²) in [6, 6.07) is 14.0. The Balaban J connectivity index is 1.54. The zero-order valence-corrected chi connectivity index (χ0v) is 15.7. The van der Waals surface area contributed by atoms with Gasteiger partial charge >= 0.3 is 0 Å². The molecule has 0 N–H and O–H groups in total. The van der Waals surface area contributed by atoms with Crippen molar-refractivity contribution in [1.82, 2.24) is 14.8 Å². The predicted octanol–water partition coefficient (Wildman–Crippen LogP) is 3.15. The molecule has 0 bridgehead atoms. The monoisotopic (exact) mass is 364 g/mol. The molecule has 3 aromatic rings. The molecule has 0 radical (unpaired) electrons. The van der Waals surface area contributed by atoms with Crippen molar-refractivity contribution in [2.75, 3.05) is 24.6 Å². The Kier molecular flexibility index (Phi) is 4.81. The van der Waals surface area contributed by atoms with Crippen LogP contribution in [0.25, 0.3) is 0 Å². The highest BCUT2D eigenvalue weighted by molar-refractivity contribution is 5.53. The van der Waals surface area contributed by atoms with Crippen molar-refractivity contribution in [3.8, 4) is 5.75 Å². The number of rotatable bonds is 5. The summed E-state index contributed by atoms with van der Waals surface area (Å²) in [5.74, 6) is 1.64. The van der Waals surface area contributed by atoms with Crippen molar-refractivity contribution in [3.05, 3.63) is 72.2 Å². The quantitative estimate of drug-likeness (QED) is 0.696. The fourth-order valence-electron chi connectivity index (χ4n) is 3.39. The molecule has 6 heteroatoms. The average Bonchev–Trinajstić information content (AvgIpc) is 3.15. The first-order valence-electron chi connectivity index (χ1n) is 9.14. The molecular formula is C21H24N4O2. The van der Waals surface area contributed by atoms with Crippen LogP contribution in [0.1, 0.15) is 18.1 Å². The number of anilines is 1. The van der Waals surface area contributed by atoms with Crippen molar-refractivity contribution >= 4 is 5.82 Å². The number of pyridine rings is 1. The van der Waals surface area contributed by atoms with E-state index in [1.807, 2.05) is 56.0 Å². The molecule has 0 aliphatic carbocycles. The summed E-state index contributed by atoms with van der Waals surface area (Å²) in [7, 11) is 1.92. The number of morpholine rings is 1. The Morgan fingerprint density at radius 1 is 1.19 bits per heavy atom. The zero-order chi connectivity index (χ0) is 18.7. The Morgan fingerprint density at radius 2 is 2.04 bits per heavy atom. The molecule has 1 aliphatic heterocycles. The van der Waals surface area contributed by atoms with Crippen molar-refractivity contribution in [2.24, 2.45) is 7.05 Å². The van der Waals surface area contributed by atoms with E-state index in [2.05, 4.69) is 34.0 Å². The highest BCUT2D eigenvalue weighted by Gasteiger charge is 2.36. The molecule has 3 heterocycles. The molecule has 2 aromatic heterocycles. The number of nitrogens with zero attached hydrogens (tertiary/aromatic N) is 4. The van der Waals surface area contributed by atoms with Gasteiger partial charge in [0.15, 0.2) is 11.6 Å². The minimum absolute atomic E-state index is 0.430. The van der Waals surface area contributed by atoms with Gasteiger partial charge in [0.05, 0.1) is 19.3 Å². The fourth-order valence-corrected chi connectivity index (χ4v) is 3.39. The van der Waals surface area contributed by atoms with Crippen LogP contribution in [-0.2, 0) is 24.0 Å². The van der Waals surface area contributed by atoms with Crippen LogP contribution in [0.2, 0.25) is 0 Å². The predicted molar refractivity (Wildman–Crippen MR) is 104 cm³/mol. The Morgan fingerprint density at radius 3 is 2.81 bits per heavy atom. The van der Waals surface area contributed by atoms with Gasteiger partial charge in [-0.05, 0) is 24.6 Å². The first kappa shape index (κ1) is 17.5. The number of hydrogen-bond acceptors (Lipinski definition) is 5. The lowest BCUT2D eigenvalue weighted by Gasteiger charge is -2.41. The highest BCUT2D eigenvalue weighted by Crippen LogP contribution is 2.34. The van der Waals surface area contributed by atoms with Gasteiger partial charge in [-0.2, -0.15) is 5.10 Å². The summed E-state index contributed by atoms with van der Waals surface area (Å²) in [6.45, 7) is 4.71. The van der Waals surface area contributed by atoms with E-state index in [1.165, 1.54) is 0 Å². The summed E-state index contributed by atoms with van der Waals surface area (Å²) in [6.07, 6.45) is 5.69. The van der Waals surface area contributed by atoms with Crippen LogP contribution in [0.3, 0.4) is 0 Å². The molecule has 1 fully saturated rings. The Bertz CT molecular complexity index is 896. The van der Waals surface area contributed by atoms with Crippen molar-refractivity contribution in [2.45, 2.75) is 19.1 Å². The molecule has 1 atom stereocenters. The van der Waals surface area contributed by atoms with Gasteiger partial charge in [0.25, 0.3) is 0 Å². The summed E-state index contributed by atoms with van der Waals surface area (Å²) in [5.41, 5.74) is 1.77. The summed E-state index contributed by atoms with van der Waals surface area (Å²) in [5, 5.41) is 4.29. The van der Waals surface area contributed by atoms with Crippen molar-refractivity contribution in [1.29, 1.82) is 0 Å². The zero-order valence-electron chi connectivity index (χ0n) is 15.7. The van der Waals surface area contributed by atoms with Crippen LogP contribution < -0.4 is 9.64 Å². The van der Waals surface area contributed by atoms with Crippen LogP contribution in [0.15, 0.2) is 61.1 Å². The lowest BCUT2D eigenvalue weighted by Crippen LogP contribution is -2.48. The normalized spacial score (nSPS) is 19.9. The largest absolute Gasteiger partial charge is 0.485 e. The molecule has 140 valence electrons. The van der Waals surface area contributed by atoms with Gasteiger partial charge < -0.3 is 14.4 Å². The van der Waals surface area contributed by atoms with E-state index in [9.17, 15) is 0 Å². The standard InChI is InChI=1S/C21H24N4O2/c1-21(18-13-23-24(2)14-18)16-25(11-12-27-21)20-19(9-6-10-22-20)26-15-17-7-4-3-5-8-17/h3-10,13-14H,11-12,15-16H2,1-2H3. The maximum atomic E-state index is 6.12. The molecule has 1 saturated heterocycles. The van der Waals surface area contributed by atoms with Gasteiger partial charge in [0.1, 0.15) is 12.2 Å². The molecule has 4 rings (SSSR count). The highest BCUT2D eigenvalue weighted by atomic mass is 16.5. The molecule has 0 amide bonds. The Labute approximate surface area is 159 Å². The fraction of sp³-hybridized carbons (Fsp3) is 0.333. The van der Waals surface area contributed by atoms with Crippen LogP contribution in [0.4, 0.5) is 5.82 Å².